The minimum absolute atomic E-state index is 0.0815. The molecule has 0 aromatic carbocycles. The quantitative estimate of drug-likeness (QED) is 0.529. The molecule has 5 rings (SSSR count). The van der Waals surface area contributed by atoms with Crippen LogP contribution in [0.3, 0.4) is 0 Å². The molecule has 1 aliphatic heterocycles. The normalized spacial score (nSPS) is 14.9. The molecule has 1 saturated heterocycles. The molecule has 0 bridgehead atoms. The molecule has 0 atom stereocenters. The van der Waals surface area contributed by atoms with Gasteiger partial charge in [0.1, 0.15) is 11.8 Å². The van der Waals surface area contributed by atoms with Crippen LogP contribution >= 0.6 is 0 Å². The summed E-state index contributed by atoms with van der Waals surface area (Å²) in [6.07, 6.45) is 5.09. The third kappa shape index (κ3) is 4.04. The highest BCUT2D eigenvalue weighted by Crippen LogP contribution is 2.23. The number of H-pyrrole nitrogens is 1. The lowest BCUT2D eigenvalue weighted by molar-refractivity contribution is 0.242. The number of rotatable bonds is 5. The summed E-state index contributed by atoms with van der Waals surface area (Å²) in [5.74, 6) is 0.959. The van der Waals surface area contributed by atoms with Gasteiger partial charge in [0.2, 0.25) is 0 Å². The number of piperazine rings is 1. The third-order valence-electron chi connectivity index (χ3n) is 5.67. The fraction of sp³-hybridized carbons (Fsp3) is 0.318. The summed E-state index contributed by atoms with van der Waals surface area (Å²) in [5, 5.41) is 4.54. The number of hydrogen-bond acceptors (Lipinski definition) is 7. The monoisotopic (exact) mass is 416 g/mol. The van der Waals surface area contributed by atoms with Crippen molar-refractivity contribution in [1.82, 2.24) is 34.6 Å². The number of aromatic nitrogens is 6. The van der Waals surface area contributed by atoms with Gasteiger partial charge >= 0.3 is 0 Å². The summed E-state index contributed by atoms with van der Waals surface area (Å²) in [4.78, 5) is 33.2. The zero-order valence-corrected chi connectivity index (χ0v) is 17.4. The summed E-state index contributed by atoms with van der Waals surface area (Å²) >= 11 is 0. The maximum absolute atomic E-state index is 12.3. The van der Waals surface area contributed by atoms with E-state index >= 15 is 0 Å². The Bertz CT molecular complexity index is 1240. The van der Waals surface area contributed by atoms with Crippen molar-refractivity contribution in [3.05, 3.63) is 65.1 Å². The molecule has 0 aliphatic carbocycles. The molecule has 9 nitrogen and oxygen atoms in total. The molecule has 0 unspecified atom stereocenters. The largest absolute Gasteiger partial charge is 0.354 e. The molecule has 4 aromatic heterocycles. The van der Waals surface area contributed by atoms with Crippen LogP contribution in [0.4, 0.5) is 5.82 Å². The van der Waals surface area contributed by atoms with E-state index in [1.807, 2.05) is 25.1 Å². The summed E-state index contributed by atoms with van der Waals surface area (Å²) in [5.41, 5.74) is 4.68. The predicted molar refractivity (Wildman–Crippen MR) is 119 cm³/mol. The second-order valence-corrected chi connectivity index (χ2v) is 7.75. The van der Waals surface area contributed by atoms with Gasteiger partial charge in [0.05, 0.1) is 17.8 Å². The van der Waals surface area contributed by atoms with Gasteiger partial charge in [-0.25, -0.2) is 14.6 Å². The standard InChI is InChI=1S/C22H24N8O/c1-16-14-19-21(26-16)22(25-15-24-19)29-11-8-28(9-12-29)10-13-30-20(31)3-2-18(27-30)17-4-6-23-7-5-17/h2-7,14-15,26H,8-13H2,1H3. The number of aromatic amines is 1. The fourth-order valence-corrected chi connectivity index (χ4v) is 4.00. The first-order valence-electron chi connectivity index (χ1n) is 10.4. The molecule has 1 aliphatic rings. The minimum Gasteiger partial charge on any atom is -0.354 e. The SMILES string of the molecule is Cc1cc2ncnc(N3CCN(CCn4nc(-c5ccncc5)ccc4=O)CC3)c2[nH]1. The first-order chi connectivity index (χ1) is 15.2. The van der Waals surface area contributed by atoms with Crippen molar-refractivity contribution in [3.8, 4) is 11.3 Å². The summed E-state index contributed by atoms with van der Waals surface area (Å²) in [6, 6.07) is 9.18. The zero-order valence-electron chi connectivity index (χ0n) is 17.4. The second-order valence-electron chi connectivity index (χ2n) is 7.75. The number of aryl methyl sites for hydroxylation is 1. The van der Waals surface area contributed by atoms with E-state index in [9.17, 15) is 4.79 Å². The van der Waals surface area contributed by atoms with E-state index in [4.69, 9.17) is 0 Å². The van der Waals surface area contributed by atoms with Crippen molar-refractivity contribution in [2.45, 2.75) is 13.5 Å². The van der Waals surface area contributed by atoms with Gasteiger partial charge in [-0.1, -0.05) is 0 Å². The Hall–Kier alpha value is -3.59. The molecule has 5 heterocycles. The van der Waals surface area contributed by atoms with Crippen LogP contribution in [0.2, 0.25) is 0 Å². The van der Waals surface area contributed by atoms with E-state index in [0.717, 1.165) is 66.5 Å². The van der Waals surface area contributed by atoms with E-state index in [1.165, 1.54) is 0 Å². The second kappa shape index (κ2) is 8.27. The molecule has 0 radical (unpaired) electrons. The number of nitrogens with zero attached hydrogens (tertiary/aromatic N) is 7. The predicted octanol–water partition coefficient (Wildman–Crippen LogP) is 1.71. The maximum Gasteiger partial charge on any atom is 0.266 e. The average Bonchev–Trinajstić information content (AvgIpc) is 3.20. The Morgan fingerprint density at radius 3 is 2.61 bits per heavy atom. The van der Waals surface area contributed by atoms with Crippen molar-refractivity contribution in [1.29, 1.82) is 0 Å². The number of pyridine rings is 1. The van der Waals surface area contributed by atoms with E-state index < -0.39 is 0 Å². The lowest BCUT2D eigenvalue weighted by Crippen LogP contribution is -2.48. The van der Waals surface area contributed by atoms with Crippen molar-refractivity contribution < 1.29 is 0 Å². The highest BCUT2D eigenvalue weighted by atomic mass is 16.1. The van der Waals surface area contributed by atoms with Crippen LogP contribution in [0.25, 0.3) is 22.3 Å². The maximum atomic E-state index is 12.3. The first-order valence-corrected chi connectivity index (χ1v) is 10.4. The van der Waals surface area contributed by atoms with Crippen LogP contribution in [0.15, 0.2) is 53.8 Å². The number of fused-ring (bicyclic) bond motifs is 1. The summed E-state index contributed by atoms with van der Waals surface area (Å²) in [7, 11) is 0. The van der Waals surface area contributed by atoms with Gasteiger partial charge in [-0.05, 0) is 31.2 Å². The average molecular weight is 416 g/mol. The van der Waals surface area contributed by atoms with Crippen molar-refractivity contribution in [2.24, 2.45) is 0 Å². The molecule has 4 aromatic rings. The van der Waals surface area contributed by atoms with Gasteiger partial charge in [-0.15, -0.1) is 0 Å². The Balaban J connectivity index is 1.23. The van der Waals surface area contributed by atoms with E-state index in [1.54, 1.807) is 35.5 Å². The van der Waals surface area contributed by atoms with Crippen molar-refractivity contribution in [3.63, 3.8) is 0 Å². The molecule has 0 spiro atoms. The molecular weight excluding hydrogens is 392 g/mol. The molecule has 158 valence electrons. The van der Waals surface area contributed by atoms with Crippen LogP contribution in [0.1, 0.15) is 5.69 Å². The molecule has 31 heavy (non-hydrogen) atoms. The van der Waals surface area contributed by atoms with Crippen LogP contribution in [-0.2, 0) is 6.54 Å². The third-order valence-corrected chi connectivity index (χ3v) is 5.67. The van der Waals surface area contributed by atoms with Crippen LogP contribution in [-0.4, -0.2) is 67.3 Å². The van der Waals surface area contributed by atoms with Crippen LogP contribution in [0, 0.1) is 6.92 Å². The van der Waals surface area contributed by atoms with Gasteiger partial charge in [0.25, 0.3) is 5.56 Å². The first kappa shape index (κ1) is 19.4. The highest BCUT2D eigenvalue weighted by Gasteiger charge is 2.20. The summed E-state index contributed by atoms with van der Waals surface area (Å²) < 4.78 is 1.55. The molecule has 0 saturated carbocycles. The van der Waals surface area contributed by atoms with Gasteiger partial charge in [-0.2, -0.15) is 5.10 Å². The fourth-order valence-electron chi connectivity index (χ4n) is 4.00. The van der Waals surface area contributed by atoms with E-state index in [0.29, 0.717) is 6.54 Å². The van der Waals surface area contributed by atoms with Crippen molar-refractivity contribution in [2.75, 3.05) is 37.6 Å². The molecule has 0 amide bonds. The molecule has 1 fully saturated rings. The van der Waals surface area contributed by atoms with Gasteiger partial charge in [0.15, 0.2) is 5.82 Å². The van der Waals surface area contributed by atoms with E-state index in [2.05, 4.69) is 34.8 Å². The zero-order chi connectivity index (χ0) is 21.2. The Morgan fingerprint density at radius 1 is 1.00 bits per heavy atom. The smallest absolute Gasteiger partial charge is 0.266 e. The van der Waals surface area contributed by atoms with Crippen LogP contribution in [0.5, 0.6) is 0 Å². The highest BCUT2D eigenvalue weighted by molar-refractivity contribution is 5.86. The molecule has 9 heteroatoms. The van der Waals surface area contributed by atoms with Gasteiger partial charge in [-0.3, -0.25) is 14.7 Å². The Labute approximate surface area is 179 Å². The lowest BCUT2D eigenvalue weighted by atomic mass is 10.2. The van der Waals surface area contributed by atoms with Gasteiger partial charge in [0, 0.05) is 62.4 Å². The van der Waals surface area contributed by atoms with Crippen LogP contribution < -0.4 is 10.5 Å². The van der Waals surface area contributed by atoms with Crippen molar-refractivity contribution >= 4 is 16.9 Å². The minimum atomic E-state index is -0.0815. The number of anilines is 1. The Kier molecular flexibility index (Phi) is 5.17. The number of hydrogen-bond donors (Lipinski definition) is 1. The molecule has 1 N–H and O–H groups in total. The summed E-state index contributed by atoms with van der Waals surface area (Å²) in [6.45, 7) is 6.94. The topological polar surface area (TPSA) is 95.8 Å². The van der Waals surface area contributed by atoms with Gasteiger partial charge < -0.3 is 9.88 Å². The number of nitrogens with one attached hydrogen (secondary N) is 1. The lowest BCUT2D eigenvalue weighted by Gasteiger charge is -2.35. The van der Waals surface area contributed by atoms with E-state index in [-0.39, 0.29) is 5.56 Å². The Morgan fingerprint density at radius 2 is 1.81 bits per heavy atom. The molecular formula is C22H24N8O.